The zero-order chi connectivity index (χ0) is 19.6. The van der Waals surface area contributed by atoms with Gasteiger partial charge < -0.3 is 9.30 Å². The third kappa shape index (κ3) is 4.16. The van der Waals surface area contributed by atoms with Crippen LogP contribution in [-0.4, -0.2) is 54.9 Å². The smallest absolute Gasteiger partial charge is 0.228 e. The normalized spacial score (nSPS) is 22.6. The minimum absolute atomic E-state index is 0.0524. The van der Waals surface area contributed by atoms with Gasteiger partial charge in [-0.1, -0.05) is 36.8 Å². The van der Waals surface area contributed by atoms with Crippen molar-refractivity contribution in [3.63, 3.8) is 0 Å². The standard InChI is InChI=1S/C21H29N3O3S/c1-27-10-11-28(25,26)21-22-13-20(24(21)15-17-6-3-2-4-7-17)16-23-14-18-8-5-9-19(23)12-18/h2-4,6-7,13,18-19H,5,8-12,14-16H2,1H3/t18-,19+/m0/s1. The number of rotatable bonds is 8. The van der Waals surface area contributed by atoms with Crippen molar-refractivity contribution in [3.05, 3.63) is 47.8 Å². The van der Waals surface area contributed by atoms with Gasteiger partial charge in [0.25, 0.3) is 0 Å². The van der Waals surface area contributed by atoms with E-state index >= 15 is 0 Å². The lowest BCUT2D eigenvalue weighted by atomic mass is 9.90. The number of hydrogen-bond acceptors (Lipinski definition) is 5. The van der Waals surface area contributed by atoms with Crippen molar-refractivity contribution in [1.82, 2.24) is 14.5 Å². The van der Waals surface area contributed by atoms with Gasteiger partial charge in [0, 0.05) is 26.2 Å². The van der Waals surface area contributed by atoms with Crippen LogP contribution < -0.4 is 0 Å². The molecule has 6 nitrogen and oxygen atoms in total. The fourth-order valence-corrected chi connectivity index (χ4v) is 5.93. The zero-order valence-electron chi connectivity index (χ0n) is 16.5. The molecule has 2 bridgehead atoms. The number of nitrogens with zero attached hydrogens (tertiary/aromatic N) is 3. The van der Waals surface area contributed by atoms with Gasteiger partial charge in [0.05, 0.1) is 30.8 Å². The third-order valence-electron chi connectivity index (χ3n) is 6.05. The van der Waals surface area contributed by atoms with E-state index in [0.717, 1.165) is 30.3 Å². The summed E-state index contributed by atoms with van der Waals surface area (Å²) in [4.78, 5) is 6.89. The fraction of sp³-hybridized carbons (Fsp3) is 0.571. The Hall–Kier alpha value is -1.70. The fourth-order valence-electron chi connectivity index (χ4n) is 4.63. The van der Waals surface area contributed by atoms with E-state index in [1.165, 1.54) is 32.8 Å². The minimum atomic E-state index is -3.50. The summed E-state index contributed by atoms with van der Waals surface area (Å²) in [6.45, 7) is 2.57. The molecule has 2 atom stereocenters. The molecule has 1 aromatic carbocycles. The summed E-state index contributed by atoms with van der Waals surface area (Å²) < 4.78 is 32.6. The van der Waals surface area contributed by atoms with Crippen molar-refractivity contribution in [1.29, 1.82) is 0 Å². The molecule has 0 spiro atoms. The van der Waals surface area contributed by atoms with Crippen LogP contribution in [0.2, 0.25) is 0 Å². The SMILES string of the molecule is COCCS(=O)(=O)c1ncc(CN2C[C@H]3CCC[C@@H]2C3)n1Cc1ccccc1. The summed E-state index contributed by atoms with van der Waals surface area (Å²) in [6.07, 6.45) is 6.93. The maximum Gasteiger partial charge on any atom is 0.228 e. The molecule has 4 rings (SSSR count). The number of hydrogen-bond donors (Lipinski definition) is 0. The highest BCUT2D eigenvalue weighted by molar-refractivity contribution is 7.91. The Labute approximate surface area is 167 Å². The summed E-state index contributed by atoms with van der Waals surface area (Å²) in [5.74, 6) is 0.748. The van der Waals surface area contributed by atoms with Crippen LogP contribution in [0, 0.1) is 5.92 Å². The van der Waals surface area contributed by atoms with Crippen LogP contribution in [-0.2, 0) is 27.7 Å². The predicted octanol–water partition coefficient (Wildman–Crippen LogP) is 2.73. The minimum Gasteiger partial charge on any atom is -0.384 e. The number of methoxy groups -OCH3 is 1. The topological polar surface area (TPSA) is 64.4 Å². The monoisotopic (exact) mass is 403 g/mol. The molecule has 0 amide bonds. The average molecular weight is 404 g/mol. The zero-order valence-corrected chi connectivity index (χ0v) is 17.3. The van der Waals surface area contributed by atoms with Crippen LogP contribution in [0.4, 0.5) is 0 Å². The van der Waals surface area contributed by atoms with Crippen LogP contribution in [0.25, 0.3) is 0 Å². The predicted molar refractivity (Wildman–Crippen MR) is 108 cm³/mol. The first-order valence-corrected chi connectivity index (χ1v) is 11.8. The molecule has 0 unspecified atom stereocenters. The number of ether oxygens (including phenoxy) is 1. The van der Waals surface area contributed by atoms with Crippen LogP contribution in [0.3, 0.4) is 0 Å². The molecule has 2 aliphatic rings. The molecule has 1 aliphatic carbocycles. The van der Waals surface area contributed by atoms with Gasteiger partial charge in [-0.05, 0) is 30.7 Å². The number of aromatic nitrogens is 2. The number of sulfone groups is 1. The molecule has 2 fully saturated rings. The molecule has 1 saturated heterocycles. The largest absolute Gasteiger partial charge is 0.384 e. The summed E-state index contributed by atoms with van der Waals surface area (Å²) in [5.41, 5.74) is 2.05. The Bertz CT molecular complexity index is 895. The molecule has 2 aromatic rings. The Kier molecular flexibility index (Phi) is 5.85. The second kappa shape index (κ2) is 8.35. The lowest BCUT2D eigenvalue weighted by Crippen LogP contribution is -2.30. The van der Waals surface area contributed by atoms with Gasteiger partial charge in [0.15, 0.2) is 0 Å². The highest BCUT2D eigenvalue weighted by Gasteiger charge is 2.35. The number of fused-ring (bicyclic) bond motifs is 2. The second-order valence-corrected chi connectivity index (χ2v) is 10.0. The molecule has 2 heterocycles. The van der Waals surface area contributed by atoms with Gasteiger partial charge in [-0.15, -0.1) is 0 Å². The molecule has 1 aromatic heterocycles. The van der Waals surface area contributed by atoms with Crippen molar-refractivity contribution in [2.75, 3.05) is 26.0 Å². The van der Waals surface area contributed by atoms with Gasteiger partial charge in [-0.3, -0.25) is 4.90 Å². The number of benzene rings is 1. The molecular weight excluding hydrogens is 374 g/mol. The van der Waals surface area contributed by atoms with Crippen LogP contribution in [0.5, 0.6) is 0 Å². The molecular formula is C21H29N3O3S. The summed E-state index contributed by atoms with van der Waals surface area (Å²) >= 11 is 0. The van der Waals surface area contributed by atoms with Crippen LogP contribution in [0.1, 0.15) is 36.9 Å². The van der Waals surface area contributed by atoms with Gasteiger partial charge in [-0.25, -0.2) is 13.4 Å². The quantitative estimate of drug-likeness (QED) is 0.678. The second-order valence-electron chi connectivity index (χ2n) is 8.03. The lowest BCUT2D eigenvalue weighted by molar-refractivity contribution is 0.217. The highest BCUT2D eigenvalue weighted by Crippen LogP contribution is 2.36. The van der Waals surface area contributed by atoms with E-state index in [1.807, 2.05) is 34.9 Å². The Balaban J connectivity index is 1.64. The van der Waals surface area contributed by atoms with E-state index in [1.54, 1.807) is 6.20 Å². The summed E-state index contributed by atoms with van der Waals surface area (Å²) in [6, 6.07) is 10.6. The number of likely N-dealkylation sites (tertiary alicyclic amines) is 1. The van der Waals surface area contributed by atoms with Gasteiger partial charge in [-0.2, -0.15) is 0 Å². The third-order valence-corrected chi connectivity index (χ3v) is 7.64. The maximum absolute atomic E-state index is 12.9. The molecule has 7 heteroatoms. The highest BCUT2D eigenvalue weighted by atomic mass is 32.2. The van der Waals surface area contributed by atoms with Crippen LogP contribution >= 0.6 is 0 Å². The van der Waals surface area contributed by atoms with Crippen molar-refractivity contribution in [2.45, 2.75) is 50.0 Å². The van der Waals surface area contributed by atoms with E-state index < -0.39 is 9.84 Å². The maximum atomic E-state index is 12.9. The van der Waals surface area contributed by atoms with Crippen molar-refractivity contribution < 1.29 is 13.2 Å². The molecule has 0 N–H and O–H groups in total. The van der Waals surface area contributed by atoms with E-state index in [4.69, 9.17) is 4.74 Å². The summed E-state index contributed by atoms with van der Waals surface area (Å²) in [5, 5.41) is 0.158. The molecule has 28 heavy (non-hydrogen) atoms. The first kappa shape index (κ1) is 19.6. The average Bonchev–Trinajstić information content (AvgIpc) is 3.22. The van der Waals surface area contributed by atoms with Gasteiger partial charge in [0.2, 0.25) is 15.0 Å². The van der Waals surface area contributed by atoms with Crippen molar-refractivity contribution in [2.24, 2.45) is 5.92 Å². The summed E-state index contributed by atoms with van der Waals surface area (Å²) in [7, 11) is -1.98. The van der Waals surface area contributed by atoms with E-state index in [-0.39, 0.29) is 17.5 Å². The van der Waals surface area contributed by atoms with E-state index in [0.29, 0.717) is 12.6 Å². The molecule has 1 saturated carbocycles. The lowest BCUT2D eigenvalue weighted by Gasteiger charge is -2.25. The Morgan fingerprint density at radius 1 is 1.18 bits per heavy atom. The van der Waals surface area contributed by atoms with E-state index in [2.05, 4.69) is 9.88 Å². The van der Waals surface area contributed by atoms with Gasteiger partial charge >= 0.3 is 0 Å². The van der Waals surface area contributed by atoms with E-state index in [9.17, 15) is 8.42 Å². The van der Waals surface area contributed by atoms with Crippen molar-refractivity contribution >= 4 is 9.84 Å². The molecule has 0 radical (unpaired) electrons. The first-order valence-electron chi connectivity index (χ1n) is 10.1. The Morgan fingerprint density at radius 2 is 2.00 bits per heavy atom. The van der Waals surface area contributed by atoms with Gasteiger partial charge in [0.1, 0.15) is 0 Å². The number of imidazole rings is 1. The Morgan fingerprint density at radius 3 is 2.75 bits per heavy atom. The van der Waals surface area contributed by atoms with Crippen LogP contribution in [0.15, 0.2) is 41.7 Å². The molecule has 1 aliphatic heterocycles. The molecule has 152 valence electrons. The first-order chi connectivity index (χ1) is 13.6. The van der Waals surface area contributed by atoms with Crippen molar-refractivity contribution in [3.8, 4) is 0 Å².